The molecule has 0 bridgehead atoms. The van der Waals surface area contributed by atoms with Crippen LogP contribution >= 0.6 is 0 Å². The van der Waals surface area contributed by atoms with Crippen LogP contribution < -0.4 is 5.32 Å². The molecule has 1 amide bonds. The van der Waals surface area contributed by atoms with E-state index in [4.69, 9.17) is 4.74 Å². The van der Waals surface area contributed by atoms with E-state index >= 15 is 0 Å². The van der Waals surface area contributed by atoms with Gasteiger partial charge in [-0.05, 0) is 18.2 Å². The Hall–Kier alpha value is -2.22. The molecule has 0 atom stereocenters. The van der Waals surface area contributed by atoms with Crippen molar-refractivity contribution in [2.45, 2.75) is 24.6 Å². The highest BCUT2D eigenvalue weighted by Gasteiger charge is 2.56. The zero-order valence-electron chi connectivity index (χ0n) is 12.5. The van der Waals surface area contributed by atoms with E-state index in [9.17, 15) is 22.4 Å². The fourth-order valence-corrected chi connectivity index (χ4v) is 2.81. The number of rotatable bonds is 2. The van der Waals surface area contributed by atoms with Crippen molar-refractivity contribution in [2.24, 2.45) is 0 Å². The summed E-state index contributed by atoms with van der Waals surface area (Å²) < 4.78 is 59.2. The van der Waals surface area contributed by atoms with Crippen molar-refractivity contribution in [3.8, 4) is 0 Å². The highest BCUT2D eigenvalue weighted by Crippen LogP contribution is 2.38. The van der Waals surface area contributed by atoms with Crippen molar-refractivity contribution in [3.63, 3.8) is 0 Å². The largest absolute Gasteiger partial charge is 0.411 e. The van der Waals surface area contributed by atoms with Gasteiger partial charge in [0, 0.05) is 37.6 Å². The number of carbonyl (C=O) groups is 1. The smallest absolute Gasteiger partial charge is 0.381 e. The Kier molecular flexibility index (Phi) is 4.16. The first-order chi connectivity index (χ1) is 11.3. The summed E-state index contributed by atoms with van der Waals surface area (Å²) >= 11 is 0. The number of amides is 1. The number of fused-ring (bicyclic) bond motifs is 1. The second kappa shape index (κ2) is 6.01. The van der Waals surface area contributed by atoms with Crippen LogP contribution in [0.1, 0.15) is 23.2 Å². The first-order valence-corrected chi connectivity index (χ1v) is 7.34. The van der Waals surface area contributed by atoms with Gasteiger partial charge in [0.1, 0.15) is 11.4 Å². The molecule has 128 valence electrons. The topological polar surface area (TPSA) is 51.2 Å². The lowest BCUT2D eigenvalue weighted by Crippen LogP contribution is -2.61. The molecule has 0 spiro atoms. The summed E-state index contributed by atoms with van der Waals surface area (Å²) in [5.41, 5.74) is -2.45. The molecule has 4 nitrogen and oxygen atoms in total. The van der Waals surface area contributed by atoms with E-state index in [0.717, 1.165) is 6.07 Å². The van der Waals surface area contributed by atoms with E-state index in [0.29, 0.717) is 5.39 Å². The van der Waals surface area contributed by atoms with E-state index < -0.39 is 23.4 Å². The summed E-state index contributed by atoms with van der Waals surface area (Å²) in [6.45, 7) is -0.218. The third-order valence-corrected chi connectivity index (χ3v) is 4.16. The number of aromatic nitrogens is 1. The molecule has 0 radical (unpaired) electrons. The minimum absolute atomic E-state index is 0.109. The van der Waals surface area contributed by atoms with Crippen molar-refractivity contribution >= 4 is 16.8 Å². The quantitative estimate of drug-likeness (QED) is 0.853. The monoisotopic (exact) mass is 342 g/mol. The number of ether oxygens (including phenoxy) is 1. The third kappa shape index (κ3) is 2.93. The Morgan fingerprint density at radius 3 is 2.62 bits per heavy atom. The van der Waals surface area contributed by atoms with E-state index in [1.54, 1.807) is 6.07 Å². The highest BCUT2D eigenvalue weighted by atomic mass is 19.4. The summed E-state index contributed by atoms with van der Waals surface area (Å²) in [4.78, 5) is 16.5. The van der Waals surface area contributed by atoms with Gasteiger partial charge in [-0.15, -0.1) is 0 Å². The number of nitrogens with zero attached hydrogens (tertiary/aromatic N) is 1. The number of nitrogens with one attached hydrogen (secondary N) is 1. The molecule has 8 heteroatoms. The standard InChI is InChI=1S/C16H14F4N2O2/c17-11-8-10-2-1-5-21-13(10)12(9-11)14(23)22-15(16(18,19)20)3-6-24-7-4-15/h1-2,5,8-9H,3-4,6-7H2,(H,22,23). The average Bonchev–Trinajstić information content (AvgIpc) is 2.53. The number of halogens is 4. The molecule has 1 aliphatic rings. The third-order valence-electron chi connectivity index (χ3n) is 4.16. The van der Waals surface area contributed by atoms with E-state index in [-0.39, 0.29) is 37.1 Å². The van der Waals surface area contributed by atoms with Crippen LogP contribution in [0.15, 0.2) is 30.5 Å². The number of hydrogen-bond acceptors (Lipinski definition) is 3. The molecular formula is C16H14F4N2O2. The van der Waals surface area contributed by atoms with Crippen LogP contribution in [0.5, 0.6) is 0 Å². The lowest BCUT2D eigenvalue weighted by molar-refractivity contribution is -0.212. The Labute approximate surface area is 134 Å². The second-order valence-corrected chi connectivity index (χ2v) is 5.67. The first-order valence-electron chi connectivity index (χ1n) is 7.34. The lowest BCUT2D eigenvalue weighted by Gasteiger charge is -2.39. The normalized spacial score (nSPS) is 17.7. The zero-order chi connectivity index (χ0) is 17.4. The van der Waals surface area contributed by atoms with Gasteiger partial charge in [-0.1, -0.05) is 6.07 Å². The molecule has 1 aromatic carbocycles. The van der Waals surface area contributed by atoms with Crippen molar-refractivity contribution in [1.29, 1.82) is 0 Å². The molecule has 1 aliphatic heterocycles. The van der Waals surface area contributed by atoms with Crippen molar-refractivity contribution < 1.29 is 27.1 Å². The molecule has 3 rings (SSSR count). The van der Waals surface area contributed by atoms with Gasteiger partial charge < -0.3 is 10.1 Å². The molecule has 1 N–H and O–H groups in total. The molecular weight excluding hydrogens is 328 g/mol. The van der Waals surface area contributed by atoms with E-state index in [2.05, 4.69) is 10.3 Å². The van der Waals surface area contributed by atoms with Crippen molar-refractivity contribution in [3.05, 3.63) is 41.8 Å². The van der Waals surface area contributed by atoms with Crippen LogP contribution in [0.2, 0.25) is 0 Å². The first kappa shape index (κ1) is 16.6. The van der Waals surface area contributed by atoms with Crippen LogP contribution in [-0.2, 0) is 4.74 Å². The molecule has 1 fully saturated rings. The predicted octanol–water partition coefficient (Wildman–Crippen LogP) is 3.22. The molecule has 2 heterocycles. The van der Waals surface area contributed by atoms with Crippen LogP contribution in [0.3, 0.4) is 0 Å². The van der Waals surface area contributed by atoms with Crippen LogP contribution in [0, 0.1) is 5.82 Å². The molecule has 24 heavy (non-hydrogen) atoms. The fraction of sp³-hybridized carbons (Fsp3) is 0.375. The lowest BCUT2D eigenvalue weighted by atomic mass is 9.88. The minimum atomic E-state index is -4.64. The van der Waals surface area contributed by atoms with Gasteiger partial charge >= 0.3 is 6.18 Å². The fourth-order valence-electron chi connectivity index (χ4n) is 2.81. The molecule has 0 unspecified atom stereocenters. The van der Waals surface area contributed by atoms with Crippen LogP contribution in [0.4, 0.5) is 17.6 Å². The summed E-state index contributed by atoms with van der Waals surface area (Å²) in [6.07, 6.45) is -4.01. The maximum absolute atomic E-state index is 13.7. The number of alkyl halides is 3. The maximum Gasteiger partial charge on any atom is 0.411 e. The van der Waals surface area contributed by atoms with Crippen molar-refractivity contribution in [1.82, 2.24) is 10.3 Å². The van der Waals surface area contributed by atoms with Crippen LogP contribution in [0.25, 0.3) is 10.9 Å². The van der Waals surface area contributed by atoms with Gasteiger partial charge in [-0.3, -0.25) is 9.78 Å². The Balaban J connectivity index is 2.00. The molecule has 0 saturated carbocycles. The number of carbonyl (C=O) groups excluding carboxylic acids is 1. The molecule has 1 saturated heterocycles. The summed E-state index contributed by atoms with van der Waals surface area (Å²) in [6, 6.07) is 5.16. The van der Waals surface area contributed by atoms with Gasteiger partial charge in [0.25, 0.3) is 5.91 Å². The number of hydrogen-bond donors (Lipinski definition) is 1. The van der Waals surface area contributed by atoms with Gasteiger partial charge in [-0.2, -0.15) is 13.2 Å². The zero-order valence-corrected chi connectivity index (χ0v) is 12.5. The van der Waals surface area contributed by atoms with Crippen molar-refractivity contribution in [2.75, 3.05) is 13.2 Å². The van der Waals surface area contributed by atoms with E-state index in [1.807, 2.05) is 0 Å². The second-order valence-electron chi connectivity index (χ2n) is 5.67. The number of pyridine rings is 1. The van der Waals surface area contributed by atoms with Crippen LogP contribution in [-0.4, -0.2) is 35.8 Å². The van der Waals surface area contributed by atoms with Gasteiger partial charge in [0.05, 0.1) is 11.1 Å². The Morgan fingerprint density at radius 1 is 1.25 bits per heavy atom. The van der Waals surface area contributed by atoms with Gasteiger partial charge in [0.15, 0.2) is 0 Å². The Bertz CT molecular complexity index is 770. The van der Waals surface area contributed by atoms with E-state index in [1.165, 1.54) is 18.3 Å². The SMILES string of the molecule is O=C(NC1(C(F)(F)F)CCOCC1)c1cc(F)cc2cccnc12. The summed E-state index contributed by atoms with van der Waals surface area (Å²) in [5, 5.41) is 2.40. The van der Waals surface area contributed by atoms with Gasteiger partial charge in [0.2, 0.25) is 0 Å². The molecule has 0 aliphatic carbocycles. The minimum Gasteiger partial charge on any atom is -0.381 e. The predicted molar refractivity (Wildman–Crippen MR) is 78.0 cm³/mol. The van der Waals surface area contributed by atoms with Gasteiger partial charge in [-0.25, -0.2) is 4.39 Å². The molecule has 1 aromatic heterocycles. The summed E-state index contributed by atoms with van der Waals surface area (Å²) in [7, 11) is 0. The molecule has 2 aromatic rings. The average molecular weight is 342 g/mol. The number of benzene rings is 1. The summed E-state index contributed by atoms with van der Waals surface area (Å²) in [5.74, 6) is -1.72. The highest BCUT2D eigenvalue weighted by molar-refractivity contribution is 6.05. The maximum atomic E-state index is 13.7. The Morgan fingerprint density at radius 2 is 1.96 bits per heavy atom.